The van der Waals surface area contributed by atoms with Crippen molar-refractivity contribution in [2.45, 2.75) is 32.6 Å². The van der Waals surface area contributed by atoms with E-state index in [4.69, 9.17) is 4.74 Å². The number of hydrogen-bond donors (Lipinski definition) is 1. The van der Waals surface area contributed by atoms with Gasteiger partial charge in [-0.15, -0.1) is 0 Å². The number of esters is 1. The maximum Gasteiger partial charge on any atom is 0.354 e. The van der Waals surface area contributed by atoms with Crippen LogP contribution < -0.4 is 0 Å². The summed E-state index contributed by atoms with van der Waals surface area (Å²) in [7, 11) is 1.35. The predicted octanol–water partition coefficient (Wildman–Crippen LogP) is 1.88. The first-order valence-electron chi connectivity index (χ1n) is 5.54. The van der Waals surface area contributed by atoms with Gasteiger partial charge in [0, 0.05) is 17.7 Å². The zero-order chi connectivity index (χ0) is 11.7. The first-order chi connectivity index (χ1) is 7.69. The summed E-state index contributed by atoms with van der Waals surface area (Å²) in [5.41, 5.74) is 2.89. The Kier molecular flexibility index (Phi) is 2.81. The molecule has 0 unspecified atom stereocenters. The van der Waals surface area contributed by atoms with Crippen molar-refractivity contribution in [3.63, 3.8) is 0 Å². The number of H-pyrrole nitrogens is 1. The molecule has 1 aliphatic rings. The number of hydrogen-bond acceptors (Lipinski definition) is 3. The number of methoxy groups -OCH3 is 1. The number of aryl methyl sites for hydroxylation is 1. The van der Waals surface area contributed by atoms with Crippen LogP contribution in [0.2, 0.25) is 0 Å². The highest BCUT2D eigenvalue weighted by atomic mass is 16.5. The Morgan fingerprint density at radius 1 is 1.44 bits per heavy atom. The van der Waals surface area contributed by atoms with Crippen molar-refractivity contribution in [2.24, 2.45) is 0 Å². The van der Waals surface area contributed by atoms with E-state index in [0.717, 1.165) is 29.7 Å². The highest BCUT2D eigenvalue weighted by molar-refractivity contribution is 6.03. The minimum Gasteiger partial charge on any atom is -0.464 e. The lowest BCUT2D eigenvalue weighted by molar-refractivity contribution is 0.0593. The molecule has 0 aromatic carbocycles. The zero-order valence-corrected chi connectivity index (χ0v) is 9.55. The summed E-state index contributed by atoms with van der Waals surface area (Å²) in [5, 5.41) is 0. The van der Waals surface area contributed by atoms with E-state index >= 15 is 0 Å². The molecule has 86 valence electrons. The molecule has 0 aliphatic heterocycles. The predicted molar refractivity (Wildman–Crippen MR) is 58.8 cm³/mol. The van der Waals surface area contributed by atoms with Crippen molar-refractivity contribution in [1.29, 1.82) is 0 Å². The third kappa shape index (κ3) is 1.54. The van der Waals surface area contributed by atoms with Gasteiger partial charge in [0.25, 0.3) is 0 Å². The molecule has 0 saturated heterocycles. The van der Waals surface area contributed by atoms with Gasteiger partial charge >= 0.3 is 5.97 Å². The Balaban J connectivity index is 2.56. The summed E-state index contributed by atoms with van der Waals surface area (Å²) in [5.74, 6) is -0.247. The Morgan fingerprint density at radius 2 is 2.19 bits per heavy atom. The largest absolute Gasteiger partial charge is 0.464 e. The van der Waals surface area contributed by atoms with Gasteiger partial charge in [-0.1, -0.05) is 6.92 Å². The van der Waals surface area contributed by atoms with E-state index in [2.05, 4.69) is 4.98 Å². The van der Waals surface area contributed by atoms with Crippen LogP contribution in [0, 0.1) is 0 Å². The molecule has 16 heavy (non-hydrogen) atoms. The SMILES string of the molecule is CCc1c(C(=O)OC)[nH]c2c1C(=O)CCC2. The van der Waals surface area contributed by atoms with Gasteiger partial charge in [-0.2, -0.15) is 0 Å². The number of carbonyl (C=O) groups is 2. The van der Waals surface area contributed by atoms with Crippen LogP contribution >= 0.6 is 0 Å². The van der Waals surface area contributed by atoms with Gasteiger partial charge in [0.05, 0.1) is 7.11 Å². The second-order valence-corrected chi connectivity index (χ2v) is 3.95. The van der Waals surface area contributed by atoms with E-state index in [9.17, 15) is 9.59 Å². The number of fused-ring (bicyclic) bond motifs is 1. The molecule has 0 atom stereocenters. The topological polar surface area (TPSA) is 59.2 Å². The average molecular weight is 221 g/mol. The van der Waals surface area contributed by atoms with E-state index < -0.39 is 0 Å². The van der Waals surface area contributed by atoms with E-state index in [0.29, 0.717) is 18.5 Å². The van der Waals surface area contributed by atoms with Crippen molar-refractivity contribution in [2.75, 3.05) is 7.11 Å². The monoisotopic (exact) mass is 221 g/mol. The number of aromatic amines is 1. The second kappa shape index (κ2) is 4.12. The molecule has 1 aliphatic carbocycles. The number of nitrogens with one attached hydrogen (secondary N) is 1. The molecule has 4 heteroatoms. The van der Waals surface area contributed by atoms with Gasteiger partial charge in [0.15, 0.2) is 5.78 Å². The molecule has 1 N–H and O–H groups in total. The first kappa shape index (κ1) is 10.9. The summed E-state index contributed by atoms with van der Waals surface area (Å²) in [4.78, 5) is 26.4. The third-order valence-corrected chi connectivity index (χ3v) is 3.03. The maximum absolute atomic E-state index is 11.8. The van der Waals surface area contributed by atoms with Crippen molar-refractivity contribution < 1.29 is 14.3 Å². The van der Waals surface area contributed by atoms with Crippen molar-refractivity contribution in [3.8, 4) is 0 Å². The van der Waals surface area contributed by atoms with Crippen molar-refractivity contribution in [3.05, 3.63) is 22.5 Å². The molecule has 0 radical (unpaired) electrons. The van der Waals surface area contributed by atoms with Gasteiger partial charge in [-0.05, 0) is 24.8 Å². The minimum atomic E-state index is -0.390. The molecule has 0 saturated carbocycles. The quantitative estimate of drug-likeness (QED) is 0.776. The van der Waals surface area contributed by atoms with Gasteiger partial charge in [0.1, 0.15) is 5.69 Å². The van der Waals surface area contributed by atoms with Crippen LogP contribution in [-0.4, -0.2) is 23.8 Å². The maximum atomic E-state index is 11.8. The van der Waals surface area contributed by atoms with Gasteiger partial charge in [0.2, 0.25) is 0 Å². The van der Waals surface area contributed by atoms with Crippen LogP contribution in [0.4, 0.5) is 0 Å². The van der Waals surface area contributed by atoms with Crippen LogP contribution in [0.3, 0.4) is 0 Å². The molecule has 1 aromatic rings. The van der Waals surface area contributed by atoms with Gasteiger partial charge < -0.3 is 9.72 Å². The van der Waals surface area contributed by atoms with E-state index in [1.165, 1.54) is 7.11 Å². The number of carbonyl (C=O) groups excluding carboxylic acids is 2. The van der Waals surface area contributed by atoms with Crippen molar-refractivity contribution in [1.82, 2.24) is 4.98 Å². The molecule has 0 spiro atoms. The van der Waals surface area contributed by atoms with Crippen LogP contribution in [0.5, 0.6) is 0 Å². The summed E-state index contributed by atoms with van der Waals surface area (Å²) < 4.78 is 4.71. The van der Waals surface area contributed by atoms with Crippen molar-refractivity contribution >= 4 is 11.8 Å². The molecular formula is C12H15NO3. The van der Waals surface area contributed by atoms with E-state index in [1.54, 1.807) is 0 Å². The molecule has 2 rings (SSSR count). The van der Waals surface area contributed by atoms with Crippen LogP contribution in [-0.2, 0) is 17.6 Å². The fourth-order valence-corrected chi connectivity index (χ4v) is 2.30. The normalized spacial score (nSPS) is 14.8. The Bertz CT molecular complexity index is 445. The standard InChI is InChI=1S/C12H15NO3/c1-3-7-10-8(5-4-6-9(10)14)13-11(7)12(15)16-2/h13H,3-6H2,1-2H3. The molecule has 0 bridgehead atoms. The highest BCUT2D eigenvalue weighted by Crippen LogP contribution is 2.27. The zero-order valence-electron chi connectivity index (χ0n) is 9.55. The number of ether oxygens (including phenoxy) is 1. The summed E-state index contributed by atoms with van der Waals surface area (Å²) in [6.45, 7) is 1.94. The lowest BCUT2D eigenvalue weighted by atomic mass is 9.92. The Hall–Kier alpha value is -1.58. The fraction of sp³-hybridized carbons (Fsp3) is 0.500. The van der Waals surface area contributed by atoms with E-state index in [-0.39, 0.29) is 11.8 Å². The smallest absolute Gasteiger partial charge is 0.354 e. The van der Waals surface area contributed by atoms with Gasteiger partial charge in [-0.3, -0.25) is 4.79 Å². The number of rotatable bonds is 2. The number of ketones is 1. The van der Waals surface area contributed by atoms with E-state index in [1.807, 2.05) is 6.92 Å². The summed E-state index contributed by atoms with van der Waals surface area (Å²) >= 11 is 0. The second-order valence-electron chi connectivity index (χ2n) is 3.95. The Labute approximate surface area is 94.0 Å². The lowest BCUT2D eigenvalue weighted by Crippen LogP contribution is -2.11. The molecule has 4 nitrogen and oxygen atoms in total. The summed E-state index contributed by atoms with van der Waals surface area (Å²) in [6.07, 6.45) is 2.95. The highest BCUT2D eigenvalue weighted by Gasteiger charge is 2.27. The van der Waals surface area contributed by atoms with Crippen LogP contribution in [0.1, 0.15) is 51.9 Å². The third-order valence-electron chi connectivity index (χ3n) is 3.03. The summed E-state index contributed by atoms with van der Waals surface area (Å²) in [6, 6.07) is 0. The minimum absolute atomic E-state index is 0.143. The molecule has 1 aromatic heterocycles. The average Bonchev–Trinajstić information content (AvgIpc) is 2.68. The van der Waals surface area contributed by atoms with Crippen LogP contribution in [0.15, 0.2) is 0 Å². The Morgan fingerprint density at radius 3 is 2.81 bits per heavy atom. The van der Waals surface area contributed by atoms with Crippen LogP contribution in [0.25, 0.3) is 0 Å². The number of Topliss-reactive ketones (excluding diaryl/α,β-unsaturated/α-hetero) is 1. The molecule has 0 amide bonds. The lowest BCUT2D eigenvalue weighted by Gasteiger charge is -2.10. The first-order valence-corrected chi connectivity index (χ1v) is 5.54. The number of aromatic nitrogens is 1. The molecular weight excluding hydrogens is 206 g/mol. The fourth-order valence-electron chi connectivity index (χ4n) is 2.30. The molecule has 1 heterocycles. The van der Waals surface area contributed by atoms with Gasteiger partial charge in [-0.25, -0.2) is 4.79 Å². The molecule has 0 fully saturated rings.